The largest absolute Gasteiger partial charge is 0.487 e. The van der Waals surface area contributed by atoms with Gasteiger partial charge in [0, 0.05) is 0 Å². The van der Waals surface area contributed by atoms with Crippen LogP contribution in [0.1, 0.15) is 19.8 Å². The fraction of sp³-hybridized carbons (Fsp3) is 0.455. The predicted molar refractivity (Wildman–Crippen MR) is 54.8 cm³/mol. The standard InChI is InChI=1S/C11H16FNO/c1-2-9(7-8-13)14-11-6-4-3-5-10(11)12/h3-6,9H,2,7-8,13H2,1H3. The zero-order valence-electron chi connectivity index (χ0n) is 8.37. The van der Waals surface area contributed by atoms with Crippen molar-refractivity contribution in [2.24, 2.45) is 5.73 Å². The Balaban J connectivity index is 2.62. The minimum absolute atomic E-state index is 0.0110. The normalized spacial score (nSPS) is 12.5. The van der Waals surface area contributed by atoms with Gasteiger partial charge < -0.3 is 10.5 Å². The molecule has 0 aliphatic heterocycles. The van der Waals surface area contributed by atoms with Crippen molar-refractivity contribution in [1.29, 1.82) is 0 Å². The molecule has 14 heavy (non-hydrogen) atoms. The second-order valence-electron chi connectivity index (χ2n) is 3.16. The molecule has 0 spiro atoms. The van der Waals surface area contributed by atoms with E-state index in [0.29, 0.717) is 12.3 Å². The lowest BCUT2D eigenvalue weighted by Crippen LogP contribution is -2.20. The second-order valence-corrected chi connectivity index (χ2v) is 3.16. The summed E-state index contributed by atoms with van der Waals surface area (Å²) in [6.45, 7) is 2.56. The van der Waals surface area contributed by atoms with Crippen LogP contribution >= 0.6 is 0 Å². The van der Waals surface area contributed by atoms with Crippen LogP contribution in [0.15, 0.2) is 24.3 Å². The summed E-state index contributed by atoms with van der Waals surface area (Å²) in [6.07, 6.45) is 1.60. The molecule has 0 heterocycles. The Morgan fingerprint density at radius 2 is 2.14 bits per heavy atom. The number of rotatable bonds is 5. The van der Waals surface area contributed by atoms with Crippen LogP contribution < -0.4 is 10.5 Å². The van der Waals surface area contributed by atoms with Crippen LogP contribution in [-0.4, -0.2) is 12.6 Å². The first-order chi connectivity index (χ1) is 6.77. The van der Waals surface area contributed by atoms with E-state index in [4.69, 9.17) is 10.5 Å². The lowest BCUT2D eigenvalue weighted by molar-refractivity contribution is 0.181. The molecule has 1 unspecified atom stereocenters. The average molecular weight is 197 g/mol. The zero-order chi connectivity index (χ0) is 10.4. The molecular formula is C11H16FNO. The third-order valence-corrected chi connectivity index (χ3v) is 2.07. The summed E-state index contributed by atoms with van der Waals surface area (Å²) in [5.41, 5.74) is 5.42. The van der Waals surface area contributed by atoms with Gasteiger partial charge in [0.25, 0.3) is 0 Å². The van der Waals surface area contributed by atoms with E-state index < -0.39 is 0 Å². The highest BCUT2D eigenvalue weighted by molar-refractivity contribution is 5.23. The molecule has 78 valence electrons. The molecule has 2 nitrogen and oxygen atoms in total. The molecule has 0 bridgehead atoms. The van der Waals surface area contributed by atoms with E-state index in [1.807, 2.05) is 6.92 Å². The molecule has 1 atom stereocenters. The van der Waals surface area contributed by atoms with Gasteiger partial charge >= 0.3 is 0 Å². The number of hydrogen-bond acceptors (Lipinski definition) is 2. The lowest BCUT2D eigenvalue weighted by Gasteiger charge is -2.16. The second kappa shape index (κ2) is 5.60. The van der Waals surface area contributed by atoms with Crippen molar-refractivity contribution in [3.63, 3.8) is 0 Å². The Labute approximate surface area is 83.9 Å². The highest BCUT2D eigenvalue weighted by Gasteiger charge is 2.09. The first-order valence-electron chi connectivity index (χ1n) is 4.89. The van der Waals surface area contributed by atoms with Crippen LogP contribution in [0, 0.1) is 5.82 Å². The van der Waals surface area contributed by atoms with Gasteiger partial charge in [-0.1, -0.05) is 19.1 Å². The van der Waals surface area contributed by atoms with Crippen LogP contribution in [0.2, 0.25) is 0 Å². The fourth-order valence-electron chi connectivity index (χ4n) is 1.25. The van der Waals surface area contributed by atoms with E-state index >= 15 is 0 Å². The Kier molecular flexibility index (Phi) is 4.40. The molecule has 1 rings (SSSR count). The zero-order valence-corrected chi connectivity index (χ0v) is 8.37. The number of benzene rings is 1. The maximum absolute atomic E-state index is 13.2. The SMILES string of the molecule is CCC(CCN)Oc1ccccc1F. The van der Waals surface area contributed by atoms with Gasteiger partial charge in [-0.15, -0.1) is 0 Å². The van der Waals surface area contributed by atoms with Crippen LogP contribution in [0.5, 0.6) is 5.75 Å². The number of para-hydroxylation sites is 1. The van der Waals surface area contributed by atoms with E-state index in [1.54, 1.807) is 18.2 Å². The molecule has 2 N–H and O–H groups in total. The molecule has 1 aromatic carbocycles. The molecule has 1 aromatic rings. The molecule has 0 aromatic heterocycles. The average Bonchev–Trinajstić information content (AvgIpc) is 2.20. The minimum Gasteiger partial charge on any atom is -0.487 e. The molecule has 3 heteroatoms. The van der Waals surface area contributed by atoms with Crippen molar-refractivity contribution >= 4 is 0 Å². The number of ether oxygens (including phenoxy) is 1. The summed E-state index contributed by atoms with van der Waals surface area (Å²) >= 11 is 0. The van der Waals surface area contributed by atoms with E-state index in [-0.39, 0.29) is 11.9 Å². The van der Waals surface area contributed by atoms with E-state index in [0.717, 1.165) is 12.8 Å². The molecule has 0 aliphatic carbocycles. The molecule has 0 amide bonds. The van der Waals surface area contributed by atoms with Gasteiger partial charge in [-0.3, -0.25) is 0 Å². The Morgan fingerprint density at radius 3 is 2.71 bits per heavy atom. The maximum Gasteiger partial charge on any atom is 0.165 e. The van der Waals surface area contributed by atoms with Crippen molar-refractivity contribution in [3.05, 3.63) is 30.1 Å². The molecule has 0 fully saturated rings. The third kappa shape index (κ3) is 3.00. The summed E-state index contributed by atoms with van der Waals surface area (Å²) in [5, 5.41) is 0. The lowest BCUT2D eigenvalue weighted by atomic mass is 10.2. The summed E-state index contributed by atoms with van der Waals surface area (Å²) in [6, 6.07) is 6.43. The summed E-state index contributed by atoms with van der Waals surface area (Å²) in [4.78, 5) is 0. The van der Waals surface area contributed by atoms with Crippen LogP contribution in [0.3, 0.4) is 0 Å². The Hall–Kier alpha value is -1.09. The molecule has 0 radical (unpaired) electrons. The maximum atomic E-state index is 13.2. The highest BCUT2D eigenvalue weighted by Crippen LogP contribution is 2.18. The van der Waals surface area contributed by atoms with Crippen LogP contribution in [0.25, 0.3) is 0 Å². The minimum atomic E-state index is -0.317. The summed E-state index contributed by atoms with van der Waals surface area (Å²) in [7, 11) is 0. The van der Waals surface area contributed by atoms with Gasteiger partial charge in [-0.25, -0.2) is 4.39 Å². The van der Waals surface area contributed by atoms with E-state index in [2.05, 4.69) is 0 Å². The molecule has 0 saturated carbocycles. The van der Waals surface area contributed by atoms with Crippen molar-refractivity contribution in [2.75, 3.05) is 6.54 Å². The fourth-order valence-corrected chi connectivity index (χ4v) is 1.25. The van der Waals surface area contributed by atoms with Crippen LogP contribution in [0.4, 0.5) is 4.39 Å². The predicted octanol–water partition coefficient (Wildman–Crippen LogP) is 2.33. The van der Waals surface area contributed by atoms with Gasteiger partial charge in [0.15, 0.2) is 11.6 Å². The topological polar surface area (TPSA) is 35.2 Å². The van der Waals surface area contributed by atoms with Gasteiger partial charge in [-0.05, 0) is 31.5 Å². The van der Waals surface area contributed by atoms with Gasteiger partial charge in [-0.2, -0.15) is 0 Å². The van der Waals surface area contributed by atoms with Gasteiger partial charge in [0.2, 0.25) is 0 Å². The van der Waals surface area contributed by atoms with Gasteiger partial charge in [0.05, 0.1) is 6.10 Å². The van der Waals surface area contributed by atoms with E-state index in [1.165, 1.54) is 6.07 Å². The smallest absolute Gasteiger partial charge is 0.165 e. The summed E-state index contributed by atoms with van der Waals surface area (Å²) in [5.74, 6) is -0.00392. The van der Waals surface area contributed by atoms with Gasteiger partial charge in [0.1, 0.15) is 0 Å². The monoisotopic (exact) mass is 197 g/mol. The van der Waals surface area contributed by atoms with Crippen LogP contribution in [-0.2, 0) is 0 Å². The van der Waals surface area contributed by atoms with Crippen molar-refractivity contribution in [1.82, 2.24) is 0 Å². The highest BCUT2D eigenvalue weighted by atomic mass is 19.1. The molecular weight excluding hydrogens is 181 g/mol. The quantitative estimate of drug-likeness (QED) is 0.786. The van der Waals surface area contributed by atoms with Crippen molar-refractivity contribution in [2.45, 2.75) is 25.9 Å². The van der Waals surface area contributed by atoms with Crippen molar-refractivity contribution < 1.29 is 9.13 Å². The Bertz CT molecular complexity index is 278. The van der Waals surface area contributed by atoms with Crippen molar-refractivity contribution in [3.8, 4) is 5.75 Å². The van der Waals surface area contributed by atoms with E-state index in [9.17, 15) is 4.39 Å². The Morgan fingerprint density at radius 1 is 1.43 bits per heavy atom. The summed E-state index contributed by atoms with van der Waals surface area (Å²) < 4.78 is 18.7. The first-order valence-corrected chi connectivity index (χ1v) is 4.89. The third-order valence-electron chi connectivity index (χ3n) is 2.07. The first kappa shape index (κ1) is 11.0. The number of halogens is 1. The molecule has 0 aliphatic rings. The number of nitrogens with two attached hydrogens (primary N) is 1. The molecule has 0 saturated heterocycles. The number of hydrogen-bond donors (Lipinski definition) is 1.